The summed E-state index contributed by atoms with van der Waals surface area (Å²) in [5.41, 5.74) is -1.93. The minimum atomic E-state index is -4.66. The maximum absolute atomic E-state index is 13.5. The lowest BCUT2D eigenvalue weighted by Crippen LogP contribution is -2.09. The predicted molar refractivity (Wildman–Crippen MR) is 96.8 cm³/mol. The number of hydrogen-bond donors (Lipinski definition) is 0. The quantitative estimate of drug-likeness (QED) is 0.412. The molecule has 0 fully saturated rings. The molecule has 7 heteroatoms. The molecule has 0 heterocycles. The van der Waals surface area contributed by atoms with Gasteiger partial charge in [0.05, 0.1) is 22.8 Å². The van der Waals surface area contributed by atoms with Crippen molar-refractivity contribution in [2.75, 3.05) is 0 Å². The number of halogens is 6. The highest BCUT2D eigenvalue weighted by molar-refractivity contribution is 5.83. The maximum Gasteiger partial charge on any atom is 0.417 e. The van der Waals surface area contributed by atoms with Crippen LogP contribution in [-0.4, -0.2) is 0 Å². The van der Waals surface area contributed by atoms with E-state index >= 15 is 0 Å². The van der Waals surface area contributed by atoms with E-state index in [1.54, 1.807) is 0 Å². The lowest BCUT2D eigenvalue weighted by molar-refractivity contribution is -0.137. The van der Waals surface area contributed by atoms with Crippen molar-refractivity contribution in [1.82, 2.24) is 0 Å². The van der Waals surface area contributed by atoms with Gasteiger partial charge >= 0.3 is 12.4 Å². The Morgan fingerprint density at radius 1 is 0.655 bits per heavy atom. The molecular formula is C22H13F6N. The molecule has 0 atom stereocenters. The first-order valence-electron chi connectivity index (χ1n) is 8.42. The van der Waals surface area contributed by atoms with Crippen LogP contribution in [0.5, 0.6) is 0 Å². The van der Waals surface area contributed by atoms with Gasteiger partial charge in [-0.05, 0) is 59.0 Å². The van der Waals surface area contributed by atoms with E-state index in [0.29, 0.717) is 0 Å². The normalized spacial score (nSPS) is 11.9. The Morgan fingerprint density at radius 2 is 1.03 bits per heavy atom. The predicted octanol–water partition coefficient (Wildman–Crippen LogP) is 7.24. The van der Waals surface area contributed by atoms with Gasteiger partial charge in [-0.15, -0.1) is 0 Å². The van der Waals surface area contributed by atoms with Crippen molar-refractivity contribution >= 4 is 0 Å². The van der Waals surface area contributed by atoms with E-state index in [1.165, 1.54) is 55.5 Å². The molecule has 0 amide bonds. The van der Waals surface area contributed by atoms with Crippen LogP contribution in [0.1, 0.15) is 22.3 Å². The van der Waals surface area contributed by atoms with Crippen molar-refractivity contribution in [3.8, 4) is 28.3 Å². The van der Waals surface area contributed by atoms with Crippen LogP contribution in [0.25, 0.3) is 22.3 Å². The van der Waals surface area contributed by atoms with Crippen LogP contribution in [0.2, 0.25) is 0 Å². The Hall–Kier alpha value is -3.27. The molecule has 1 nitrogen and oxygen atoms in total. The van der Waals surface area contributed by atoms with E-state index in [9.17, 15) is 31.6 Å². The molecule has 0 aliphatic heterocycles. The van der Waals surface area contributed by atoms with Gasteiger partial charge in [0.15, 0.2) is 0 Å². The summed E-state index contributed by atoms with van der Waals surface area (Å²) in [6, 6.07) is 13.9. The van der Waals surface area contributed by atoms with Crippen LogP contribution in [-0.2, 0) is 12.4 Å². The summed E-state index contributed by atoms with van der Waals surface area (Å²) in [6.07, 6.45) is -9.31. The molecule has 3 aromatic carbocycles. The number of nitrogens with zero attached hydrogens (tertiary/aromatic N) is 1. The molecule has 0 saturated carbocycles. The van der Waals surface area contributed by atoms with Gasteiger partial charge in [-0.3, -0.25) is 0 Å². The number of benzene rings is 3. The molecule has 0 aliphatic carbocycles. The van der Waals surface area contributed by atoms with Crippen LogP contribution in [0.15, 0.2) is 60.7 Å². The van der Waals surface area contributed by atoms with Crippen molar-refractivity contribution in [2.24, 2.45) is 0 Å². The largest absolute Gasteiger partial charge is 0.417 e. The number of nitriles is 1. The third kappa shape index (κ3) is 3.97. The standard InChI is InChI=1S/C22H13F6N/c1-13-17(15-6-2-4-8-19(15)21(23,24)25)10-14(12-29)11-18(13)16-7-3-5-9-20(16)22(26,27)28/h2-11H,1H3. The van der Waals surface area contributed by atoms with E-state index in [1.807, 2.05) is 6.07 Å². The van der Waals surface area contributed by atoms with E-state index < -0.39 is 23.5 Å². The smallest absolute Gasteiger partial charge is 0.192 e. The third-order valence-corrected chi connectivity index (χ3v) is 4.58. The molecule has 29 heavy (non-hydrogen) atoms. The number of rotatable bonds is 2. The van der Waals surface area contributed by atoms with Crippen LogP contribution >= 0.6 is 0 Å². The van der Waals surface area contributed by atoms with Crippen molar-refractivity contribution in [2.45, 2.75) is 19.3 Å². The Kier molecular flexibility index (Phi) is 5.14. The molecule has 0 unspecified atom stereocenters. The van der Waals surface area contributed by atoms with Crippen molar-refractivity contribution in [3.63, 3.8) is 0 Å². The van der Waals surface area contributed by atoms with E-state index in [4.69, 9.17) is 0 Å². The van der Waals surface area contributed by atoms with Crippen LogP contribution < -0.4 is 0 Å². The molecule has 0 N–H and O–H groups in total. The number of hydrogen-bond acceptors (Lipinski definition) is 1. The zero-order valence-electron chi connectivity index (χ0n) is 15.0. The van der Waals surface area contributed by atoms with Crippen molar-refractivity contribution in [3.05, 3.63) is 82.9 Å². The Labute approximate surface area is 162 Å². The Bertz CT molecular complexity index is 1020. The van der Waals surface area contributed by atoms with Crippen LogP contribution in [0.3, 0.4) is 0 Å². The molecular weight excluding hydrogens is 392 g/mol. The SMILES string of the molecule is Cc1c(-c2ccccc2C(F)(F)F)cc(C#N)cc1-c1ccccc1C(F)(F)F. The zero-order chi connectivity index (χ0) is 21.4. The Morgan fingerprint density at radius 3 is 1.38 bits per heavy atom. The highest BCUT2D eigenvalue weighted by Crippen LogP contribution is 2.43. The van der Waals surface area contributed by atoms with Gasteiger partial charge in [0, 0.05) is 0 Å². The lowest BCUT2D eigenvalue weighted by atomic mass is 9.87. The summed E-state index contributed by atoms with van der Waals surface area (Å²) >= 11 is 0. The van der Waals surface area contributed by atoms with Crippen molar-refractivity contribution < 1.29 is 26.3 Å². The molecule has 148 valence electrons. The maximum atomic E-state index is 13.5. The third-order valence-electron chi connectivity index (χ3n) is 4.58. The monoisotopic (exact) mass is 405 g/mol. The molecule has 0 spiro atoms. The average Bonchev–Trinajstić information content (AvgIpc) is 2.67. The van der Waals surface area contributed by atoms with E-state index in [-0.39, 0.29) is 33.4 Å². The molecule has 3 rings (SSSR count). The van der Waals surface area contributed by atoms with E-state index in [2.05, 4.69) is 0 Å². The minimum absolute atomic E-state index is 0.0328. The zero-order valence-corrected chi connectivity index (χ0v) is 15.0. The first kappa shape index (κ1) is 20.5. The second-order valence-electron chi connectivity index (χ2n) is 6.39. The second kappa shape index (κ2) is 7.28. The summed E-state index contributed by atoms with van der Waals surface area (Å²) in [5.74, 6) is 0. The molecule has 0 saturated heterocycles. The highest BCUT2D eigenvalue weighted by Gasteiger charge is 2.35. The summed E-state index contributed by atoms with van der Waals surface area (Å²) in [7, 11) is 0. The first-order valence-corrected chi connectivity index (χ1v) is 8.42. The molecule has 0 radical (unpaired) electrons. The van der Waals surface area contributed by atoms with Gasteiger partial charge in [-0.25, -0.2) is 0 Å². The van der Waals surface area contributed by atoms with E-state index in [0.717, 1.165) is 12.1 Å². The van der Waals surface area contributed by atoms with Gasteiger partial charge in [0.25, 0.3) is 0 Å². The fraction of sp³-hybridized carbons (Fsp3) is 0.136. The average molecular weight is 405 g/mol. The highest BCUT2D eigenvalue weighted by atomic mass is 19.4. The topological polar surface area (TPSA) is 23.8 Å². The molecule has 0 aromatic heterocycles. The summed E-state index contributed by atoms with van der Waals surface area (Å²) in [4.78, 5) is 0. The Balaban J connectivity index is 2.36. The second-order valence-corrected chi connectivity index (χ2v) is 6.39. The summed E-state index contributed by atoms with van der Waals surface area (Å²) in [6.45, 7) is 1.45. The van der Waals surface area contributed by atoms with Crippen LogP contribution in [0, 0.1) is 18.3 Å². The van der Waals surface area contributed by atoms with Crippen molar-refractivity contribution in [1.29, 1.82) is 5.26 Å². The first-order chi connectivity index (χ1) is 13.5. The van der Waals surface area contributed by atoms with Crippen LogP contribution in [0.4, 0.5) is 26.3 Å². The van der Waals surface area contributed by atoms with Gasteiger partial charge in [0.1, 0.15) is 0 Å². The molecule has 3 aromatic rings. The summed E-state index contributed by atoms with van der Waals surface area (Å²) in [5, 5.41) is 9.34. The molecule has 0 aliphatic rings. The number of alkyl halides is 6. The van der Waals surface area contributed by atoms with Gasteiger partial charge < -0.3 is 0 Å². The molecule has 0 bridgehead atoms. The summed E-state index contributed by atoms with van der Waals surface area (Å²) < 4.78 is 80.9. The fourth-order valence-corrected chi connectivity index (χ4v) is 3.27. The van der Waals surface area contributed by atoms with Gasteiger partial charge in [-0.2, -0.15) is 31.6 Å². The van der Waals surface area contributed by atoms with Gasteiger partial charge in [-0.1, -0.05) is 36.4 Å². The lowest BCUT2D eigenvalue weighted by Gasteiger charge is -2.19. The fourth-order valence-electron chi connectivity index (χ4n) is 3.27. The van der Waals surface area contributed by atoms with Gasteiger partial charge in [0.2, 0.25) is 0 Å². The minimum Gasteiger partial charge on any atom is -0.192 e.